The van der Waals surface area contributed by atoms with Gasteiger partial charge in [0.25, 0.3) is 0 Å². The summed E-state index contributed by atoms with van der Waals surface area (Å²) in [4.78, 5) is 30.4. The highest BCUT2D eigenvalue weighted by molar-refractivity contribution is 5.87. The Morgan fingerprint density at radius 2 is 1.80 bits per heavy atom. The maximum Gasteiger partial charge on any atom is 0.320 e. The van der Waals surface area contributed by atoms with Gasteiger partial charge in [-0.3, -0.25) is 4.79 Å². The molecule has 6 nitrogen and oxygen atoms in total. The maximum atomic E-state index is 12.6. The molecule has 0 aromatic rings. The minimum absolute atomic E-state index is 0.000825. The maximum absolute atomic E-state index is 12.6. The molecule has 0 aromatic heterocycles. The lowest BCUT2D eigenvalue weighted by Gasteiger charge is -2.34. The summed E-state index contributed by atoms with van der Waals surface area (Å²) < 4.78 is 5.28. The summed E-state index contributed by atoms with van der Waals surface area (Å²) in [6.45, 7) is 8.48. The predicted octanol–water partition coefficient (Wildman–Crippen LogP) is 0.771. The third kappa shape index (κ3) is 3.06. The van der Waals surface area contributed by atoms with E-state index in [0.29, 0.717) is 45.9 Å². The van der Waals surface area contributed by atoms with E-state index in [1.165, 1.54) is 0 Å². The first kappa shape index (κ1) is 15.1. The summed E-state index contributed by atoms with van der Waals surface area (Å²) in [5.74, 6) is 0.0892. The molecule has 3 amide bonds. The number of ether oxygens (including phenoxy) is 1. The Kier molecular flexibility index (Phi) is 5.23. The number of amides is 3. The van der Waals surface area contributed by atoms with Crippen LogP contribution in [0.5, 0.6) is 0 Å². The number of hydrogen-bond acceptors (Lipinski definition) is 3. The van der Waals surface area contributed by atoms with E-state index in [4.69, 9.17) is 4.74 Å². The van der Waals surface area contributed by atoms with Gasteiger partial charge in [0.15, 0.2) is 0 Å². The lowest BCUT2D eigenvalue weighted by molar-refractivity contribution is -0.139. The zero-order valence-corrected chi connectivity index (χ0v) is 12.5. The average molecular weight is 283 g/mol. The summed E-state index contributed by atoms with van der Waals surface area (Å²) in [5, 5.41) is 0. The molecule has 114 valence electrons. The molecule has 0 bridgehead atoms. The molecule has 2 heterocycles. The fraction of sp³-hybridized carbons (Fsp3) is 0.857. The first-order valence-electron chi connectivity index (χ1n) is 7.61. The molecule has 20 heavy (non-hydrogen) atoms. The van der Waals surface area contributed by atoms with Gasteiger partial charge >= 0.3 is 6.03 Å². The number of nitrogens with zero attached hydrogens (tertiary/aromatic N) is 3. The van der Waals surface area contributed by atoms with Crippen LogP contribution in [-0.2, 0) is 9.53 Å². The second-order valence-corrected chi connectivity index (χ2v) is 5.24. The van der Waals surface area contributed by atoms with E-state index in [1.807, 2.05) is 18.7 Å². The zero-order valence-electron chi connectivity index (χ0n) is 12.5. The standard InChI is InChI=1S/C14H25N3O3/c1-3-15(4-2)14(19)17-7-5-6-12(17)13(18)16-8-10-20-11-9-16/h12H,3-11H2,1-2H3/t12-/m0/s1. The smallest absolute Gasteiger partial charge is 0.320 e. The van der Waals surface area contributed by atoms with E-state index in [-0.39, 0.29) is 18.0 Å². The molecule has 0 aliphatic carbocycles. The van der Waals surface area contributed by atoms with Gasteiger partial charge in [0.2, 0.25) is 5.91 Å². The number of morpholine rings is 1. The van der Waals surface area contributed by atoms with E-state index in [0.717, 1.165) is 12.8 Å². The number of hydrogen-bond donors (Lipinski definition) is 0. The molecular weight excluding hydrogens is 258 g/mol. The van der Waals surface area contributed by atoms with Crippen molar-refractivity contribution < 1.29 is 14.3 Å². The van der Waals surface area contributed by atoms with Crippen LogP contribution in [0.15, 0.2) is 0 Å². The quantitative estimate of drug-likeness (QED) is 0.769. The van der Waals surface area contributed by atoms with Crippen LogP contribution in [0.1, 0.15) is 26.7 Å². The summed E-state index contributed by atoms with van der Waals surface area (Å²) in [7, 11) is 0. The SMILES string of the molecule is CCN(CC)C(=O)N1CCC[C@H]1C(=O)N1CCOCC1. The van der Waals surface area contributed by atoms with Crippen LogP contribution in [0.4, 0.5) is 4.79 Å². The lowest BCUT2D eigenvalue weighted by atomic mass is 10.2. The average Bonchev–Trinajstić information content (AvgIpc) is 2.98. The van der Waals surface area contributed by atoms with Crippen LogP contribution in [0.3, 0.4) is 0 Å². The molecule has 0 N–H and O–H groups in total. The second-order valence-electron chi connectivity index (χ2n) is 5.24. The number of carbonyl (C=O) groups is 2. The molecule has 6 heteroatoms. The highest BCUT2D eigenvalue weighted by Crippen LogP contribution is 2.21. The van der Waals surface area contributed by atoms with Gasteiger partial charge in [0.05, 0.1) is 13.2 Å². The van der Waals surface area contributed by atoms with Crippen LogP contribution in [0.25, 0.3) is 0 Å². The highest BCUT2D eigenvalue weighted by atomic mass is 16.5. The summed E-state index contributed by atoms with van der Waals surface area (Å²) in [5.41, 5.74) is 0. The molecule has 0 spiro atoms. The molecule has 2 saturated heterocycles. The molecule has 2 rings (SSSR count). The van der Waals surface area contributed by atoms with Crippen molar-refractivity contribution in [3.8, 4) is 0 Å². The van der Waals surface area contributed by atoms with Crippen molar-refractivity contribution in [2.24, 2.45) is 0 Å². The molecule has 0 saturated carbocycles. The zero-order chi connectivity index (χ0) is 14.5. The van der Waals surface area contributed by atoms with Gasteiger partial charge in [-0.15, -0.1) is 0 Å². The van der Waals surface area contributed by atoms with Gasteiger partial charge in [-0.1, -0.05) is 0 Å². The first-order chi connectivity index (χ1) is 9.69. The molecule has 0 aromatic carbocycles. The van der Waals surface area contributed by atoms with E-state index >= 15 is 0 Å². The summed E-state index contributed by atoms with van der Waals surface area (Å²) >= 11 is 0. The molecular formula is C14H25N3O3. The number of carbonyl (C=O) groups excluding carboxylic acids is 2. The Morgan fingerprint density at radius 1 is 1.15 bits per heavy atom. The number of likely N-dealkylation sites (tertiary alicyclic amines) is 1. The van der Waals surface area contributed by atoms with Crippen LogP contribution < -0.4 is 0 Å². The van der Waals surface area contributed by atoms with Crippen molar-refractivity contribution >= 4 is 11.9 Å². The van der Waals surface area contributed by atoms with Crippen molar-refractivity contribution in [3.05, 3.63) is 0 Å². The Morgan fingerprint density at radius 3 is 2.40 bits per heavy atom. The third-order valence-corrected chi connectivity index (χ3v) is 4.14. The fourth-order valence-electron chi connectivity index (χ4n) is 2.92. The molecule has 2 fully saturated rings. The predicted molar refractivity (Wildman–Crippen MR) is 75.4 cm³/mol. The highest BCUT2D eigenvalue weighted by Gasteiger charge is 2.38. The largest absolute Gasteiger partial charge is 0.378 e. The molecule has 2 aliphatic heterocycles. The molecule has 0 unspecified atom stereocenters. The van der Waals surface area contributed by atoms with Gasteiger partial charge in [0.1, 0.15) is 6.04 Å². The Balaban J connectivity index is 2.02. The first-order valence-corrected chi connectivity index (χ1v) is 7.61. The van der Waals surface area contributed by atoms with Gasteiger partial charge in [-0.2, -0.15) is 0 Å². The second kappa shape index (κ2) is 6.92. The third-order valence-electron chi connectivity index (χ3n) is 4.14. The molecule has 1 atom stereocenters. The Labute approximate surface area is 120 Å². The topological polar surface area (TPSA) is 53.1 Å². The van der Waals surface area contributed by atoms with E-state index in [2.05, 4.69) is 0 Å². The van der Waals surface area contributed by atoms with Gasteiger partial charge in [0, 0.05) is 32.7 Å². The van der Waals surface area contributed by atoms with E-state index in [9.17, 15) is 9.59 Å². The number of rotatable bonds is 3. The molecule has 2 aliphatic rings. The fourth-order valence-corrected chi connectivity index (χ4v) is 2.92. The van der Waals surface area contributed by atoms with Crippen LogP contribution in [-0.4, -0.2) is 78.6 Å². The summed E-state index contributed by atoms with van der Waals surface area (Å²) in [6.07, 6.45) is 1.69. The van der Waals surface area contributed by atoms with Crippen molar-refractivity contribution in [2.45, 2.75) is 32.7 Å². The Hall–Kier alpha value is -1.30. The van der Waals surface area contributed by atoms with Crippen LogP contribution >= 0.6 is 0 Å². The van der Waals surface area contributed by atoms with Crippen LogP contribution in [0, 0.1) is 0 Å². The number of urea groups is 1. The van der Waals surface area contributed by atoms with E-state index in [1.54, 1.807) is 9.80 Å². The van der Waals surface area contributed by atoms with Gasteiger partial charge < -0.3 is 19.4 Å². The van der Waals surface area contributed by atoms with Crippen molar-refractivity contribution in [1.29, 1.82) is 0 Å². The summed E-state index contributed by atoms with van der Waals surface area (Å²) in [6, 6.07) is -0.277. The van der Waals surface area contributed by atoms with Crippen LogP contribution in [0.2, 0.25) is 0 Å². The lowest BCUT2D eigenvalue weighted by Crippen LogP contribution is -2.53. The van der Waals surface area contributed by atoms with Crippen molar-refractivity contribution in [2.75, 3.05) is 45.9 Å². The normalized spacial score (nSPS) is 23.0. The molecule has 0 radical (unpaired) electrons. The van der Waals surface area contributed by atoms with Crippen molar-refractivity contribution in [1.82, 2.24) is 14.7 Å². The van der Waals surface area contributed by atoms with Gasteiger partial charge in [-0.05, 0) is 26.7 Å². The van der Waals surface area contributed by atoms with Crippen molar-refractivity contribution in [3.63, 3.8) is 0 Å². The minimum atomic E-state index is -0.277. The monoisotopic (exact) mass is 283 g/mol. The minimum Gasteiger partial charge on any atom is -0.378 e. The Bertz CT molecular complexity index is 352. The van der Waals surface area contributed by atoms with Gasteiger partial charge in [-0.25, -0.2) is 4.79 Å². The van der Waals surface area contributed by atoms with E-state index < -0.39 is 0 Å².